The molecule has 1 aromatic heterocycles. The van der Waals surface area contributed by atoms with Gasteiger partial charge in [0.05, 0.1) is 57.9 Å². The molecule has 1 saturated heterocycles. The lowest BCUT2D eigenvalue weighted by Gasteiger charge is -2.26. The number of rotatable bonds is 12. The van der Waals surface area contributed by atoms with E-state index >= 15 is 0 Å². The van der Waals surface area contributed by atoms with E-state index in [-0.39, 0.29) is 23.2 Å². The van der Waals surface area contributed by atoms with Crippen molar-refractivity contribution in [3.63, 3.8) is 0 Å². The van der Waals surface area contributed by atoms with Gasteiger partial charge in [0.15, 0.2) is 23.1 Å². The maximum absolute atomic E-state index is 14.7. The van der Waals surface area contributed by atoms with Crippen molar-refractivity contribution in [1.82, 2.24) is 14.9 Å². The zero-order chi connectivity index (χ0) is 27.8. The predicted octanol–water partition coefficient (Wildman–Crippen LogP) is 3.20. The second kappa shape index (κ2) is 12.8. The van der Waals surface area contributed by atoms with Gasteiger partial charge in [-0.3, -0.25) is 9.62 Å². The van der Waals surface area contributed by atoms with E-state index in [0.717, 1.165) is 6.20 Å². The fraction of sp³-hybridized carbons (Fsp3) is 0.360. The van der Waals surface area contributed by atoms with Crippen molar-refractivity contribution in [3.8, 4) is 17.2 Å². The molecule has 2 heterocycles. The van der Waals surface area contributed by atoms with E-state index in [9.17, 15) is 12.8 Å². The fourth-order valence-corrected chi connectivity index (χ4v) is 5.01. The number of nitrogens with zero attached hydrogens (tertiary/aromatic N) is 3. The average molecular weight is 563 g/mol. The Labute approximate surface area is 226 Å². The molecule has 0 spiro atoms. The number of hydrogen-bond donors (Lipinski definition) is 3. The average Bonchev–Trinajstić information content (AvgIpc) is 2.94. The zero-order valence-corrected chi connectivity index (χ0v) is 22.7. The van der Waals surface area contributed by atoms with Crippen LogP contribution in [0.3, 0.4) is 0 Å². The Kier molecular flexibility index (Phi) is 9.22. The second-order valence-corrected chi connectivity index (χ2v) is 10.3. The molecule has 4 rings (SSSR count). The number of halogens is 1. The van der Waals surface area contributed by atoms with Crippen LogP contribution >= 0.6 is 0 Å². The summed E-state index contributed by atoms with van der Waals surface area (Å²) in [5.74, 6) is 0.347. The molecule has 0 atom stereocenters. The van der Waals surface area contributed by atoms with Crippen LogP contribution in [0.2, 0.25) is 0 Å². The summed E-state index contributed by atoms with van der Waals surface area (Å²) in [5, 5.41) is 5.86. The lowest BCUT2D eigenvalue weighted by molar-refractivity contribution is 0.0408. The first kappa shape index (κ1) is 28.1. The SMILES string of the molecule is COc1cc(Nc2ncc(F)c(Nc3ccccc3NS(=O)(=O)CCN3CCOCC3)n2)cc(OC)c1OC. The molecular formula is C25H31FN6O6S. The van der Waals surface area contributed by atoms with Gasteiger partial charge < -0.3 is 29.6 Å². The third-order valence-electron chi connectivity index (χ3n) is 5.89. The van der Waals surface area contributed by atoms with Crippen molar-refractivity contribution < 1.29 is 31.8 Å². The smallest absolute Gasteiger partial charge is 0.234 e. The minimum atomic E-state index is -3.67. The van der Waals surface area contributed by atoms with Gasteiger partial charge in [-0.1, -0.05) is 12.1 Å². The van der Waals surface area contributed by atoms with Crippen LogP contribution in [0.15, 0.2) is 42.6 Å². The van der Waals surface area contributed by atoms with Gasteiger partial charge in [-0.25, -0.2) is 17.8 Å². The highest BCUT2D eigenvalue weighted by molar-refractivity contribution is 7.92. The monoisotopic (exact) mass is 562 g/mol. The summed E-state index contributed by atoms with van der Waals surface area (Å²) in [6.45, 7) is 2.92. The Balaban J connectivity index is 1.51. The Hall–Kier alpha value is -3.88. The van der Waals surface area contributed by atoms with Gasteiger partial charge in [-0.15, -0.1) is 0 Å². The minimum absolute atomic E-state index is 0.0803. The Morgan fingerprint density at radius 1 is 1.00 bits per heavy atom. The third-order valence-corrected chi connectivity index (χ3v) is 7.14. The molecule has 1 aliphatic heterocycles. The van der Waals surface area contributed by atoms with Crippen molar-refractivity contribution in [2.24, 2.45) is 0 Å². The quantitative estimate of drug-likeness (QED) is 0.300. The number of ether oxygens (including phenoxy) is 4. The lowest BCUT2D eigenvalue weighted by atomic mass is 10.2. The van der Waals surface area contributed by atoms with E-state index in [1.165, 1.54) is 21.3 Å². The van der Waals surface area contributed by atoms with Crippen LogP contribution in [-0.2, 0) is 14.8 Å². The predicted molar refractivity (Wildman–Crippen MR) is 146 cm³/mol. The molecule has 1 fully saturated rings. The van der Waals surface area contributed by atoms with Crippen LogP contribution < -0.4 is 29.6 Å². The molecule has 0 radical (unpaired) electrons. The van der Waals surface area contributed by atoms with Gasteiger partial charge in [0, 0.05) is 37.5 Å². The van der Waals surface area contributed by atoms with Crippen molar-refractivity contribution in [2.75, 3.05) is 75.3 Å². The highest BCUT2D eigenvalue weighted by Crippen LogP contribution is 2.40. The van der Waals surface area contributed by atoms with Crippen LogP contribution in [0.1, 0.15) is 0 Å². The molecule has 39 heavy (non-hydrogen) atoms. The zero-order valence-electron chi connectivity index (χ0n) is 21.9. The fourth-order valence-electron chi connectivity index (χ4n) is 3.90. The van der Waals surface area contributed by atoms with Crippen molar-refractivity contribution in [1.29, 1.82) is 0 Å². The molecule has 0 bridgehead atoms. The minimum Gasteiger partial charge on any atom is -0.493 e. The standard InChI is InChI=1S/C25H31FN6O6S/c1-35-21-14-17(15-22(36-2)23(21)37-3)28-25-27-16-18(26)24(30-25)29-19-6-4-5-7-20(19)31-39(33,34)13-10-32-8-11-38-12-9-32/h4-7,14-16,31H,8-13H2,1-3H3,(H2,27,28,29,30). The largest absolute Gasteiger partial charge is 0.493 e. The Bertz CT molecular complexity index is 1360. The topological polar surface area (TPSA) is 136 Å². The summed E-state index contributed by atoms with van der Waals surface area (Å²) < 4.78 is 64.2. The van der Waals surface area contributed by atoms with E-state index in [4.69, 9.17) is 18.9 Å². The summed E-state index contributed by atoms with van der Waals surface area (Å²) in [4.78, 5) is 10.3. The molecule has 14 heteroatoms. The molecule has 3 aromatic rings. The van der Waals surface area contributed by atoms with Gasteiger partial charge in [0.2, 0.25) is 21.7 Å². The highest BCUT2D eigenvalue weighted by Gasteiger charge is 2.19. The van der Waals surface area contributed by atoms with E-state index in [0.29, 0.717) is 61.5 Å². The number of sulfonamides is 1. The normalized spacial score (nSPS) is 13.9. The van der Waals surface area contributed by atoms with Gasteiger partial charge in [-0.2, -0.15) is 4.98 Å². The van der Waals surface area contributed by atoms with Crippen LogP contribution in [0.4, 0.5) is 33.2 Å². The van der Waals surface area contributed by atoms with Crippen LogP contribution in [0.5, 0.6) is 17.2 Å². The van der Waals surface area contributed by atoms with Gasteiger partial charge in [0.25, 0.3) is 0 Å². The van der Waals surface area contributed by atoms with E-state index in [1.807, 2.05) is 4.90 Å². The molecule has 0 aliphatic carbocycles. The number of aromatic nitrogens is 2. The number of methoxy groups -OCH3 is 3. The Morgan fingerprint density at radius 3 is 2.31 bits per heavy atom. The lowest BCUT2D eigenvalue weighted by Crippen LogP contribution is -2.39. The summed E-state index contributed by atoms with van der Waals surface area (Å²) in [5.41, 5.74) is 1.09. The van der Waals surface area contributed by atoms with Crippen LogP contribution in [0.25, 0.3) is 0 Å². The molecule has 0 saturated carbocycles. The molecule has 2 aromatic carbocycles. The van der Waals surface area contributed by atoms with Gasteiger partial charge in [-0.05, 0) is 12.1 Å². The number of morpholine rings is 1. The molecule has 0 amide bonds. The van der Waals surface area contributed by atoms with E-state index in [1.54, 1.807) is 36.4 Å². The maximum atomic E-state index is 14.7. The van der Waals surface area contributed by atoms with Crippen LogP contribution in [-0.4, -0.2) is 83.2 Å². The summed E-state index contributed by atoms with van der Waals surface area (Å²) >= 11 is 0. The van der Waals surface area contributed by atoms with Crippen LogP contribution in [0, 0.1) is 5.82 Å². The van der Waals surface area contributed by atoms with Gasteiger partial charge >= 0.3 is 0 Å². The van der Waals surface area contributed by atoms with Crippen molar-refractivity contribution >= 4 is 38.9 Å². The molecule has 0 unspecified atom stereocenters. The molecule has 12 nitrogen and oxygen atoms in total. The summed E-state index contributed by atoms with van der Waals surface area (Å²) in [7, 11) is 0.808. The maximum Gasteiger partial charge on any atom is 0.234 e. The third kappa shape index (κ3) is 7.37. The number of para-hydroxylation sites is 2. The second-order valence-electron chi connectivity index (χ2n) is 8.47. The first-order valence-electron chi connectivity index (χ1n) is 12.1. The number of nitrogens with one attached hydrogen (secondary N) is 3. The highest BCUT2D eigenvalue weighted by atomic mass is 32.2. The van der Waals surface area contributed by atoms with E-state index < -0.39 is 15.8 Å². The molecular weight excluding hydrogens is 531 g/mol. The van der Waals surface area contributed by atoms with Crippen molar-refractivity contribution in [3.05, 3.63) is 48.4 Å². The van der Waals surface area contributed by atoms with E-state index in [2.05, 4.69) is 25.3 Å². The molecule has 1 aliphatic rings. The molecule has 210 valence electrons. The summed E-state index contributed by atoms with van der Waals surface area (Å²) in [6.07, 6.45) is 1.00. The number of anilines is 5. The number of hydrogen-bond acceptors (Lipinski definition) is 11. The first-order chi connectivity index (χ1) is 18.8. The first-order valence-corrected chi connectivity index (χ1v) is 13.7. The molecule has 3 N–H and O–H groups in total. The van der Waals surface area contributed by atoms with Crippen molar-refractivity contribution in [2.45, 2.75) is 0 Å². The summed E-state index contributed by atoms with van der Waals surface area (Å²) in [6, 6.07) is 9.89. The Morgan fingerprint density at radius 2 is 1.67 bits per heavy atom. The van der Waals surface area contributed by atoms with Gasteiger partial charge in [0.1, 0.15) is 0 Å². The number of benzene rings is 2.